The van der Waals surface area contributed by atoms with Gasteiger partial charge in [-0.05, 0) is 17.0 Å². The fraction of sp³-hybridized carbons (Fsp3) is 0.217. The van der Waals surface area contributed by atoms with Crippen LogP contribution in [0.1, 0.15) is 31.3 Å². The molecule has 0 bridgehead atoms. The molecule has 5 heteroatoms. The number of rotatable bonds is 6. The Morgan fingerprint density at radius 3 is 2.39 bits per heavy atom. The van der Waals surface area contributed by atoms with Gasteiger partial charge in [-0.1, -0.05) is 74.5 Å². The van der Waals surface area contributed by atoms with E-state index in [2.05, 4.69) is 48.4 Å². The minimum Gasteiger partial charge on any atom is -0.309 e. The van der Waals surface area contributed by atoms with Crippen LogP contribution in [0.5, 0.6) is 0 Å². The maximum atomic E-state index is 12.8. The van der Waals surface area contributed by atoms with Gasteiger partial charge in [0.1, 0.15) is 10.7 Å². The largest absolute Gasteiger partial charge is 0.309 e. The summed E-state index contributed by atoms with van der Waals surface area (Å²) in [6, 6.07) is 20.5. The first-order valence-electron chi connectivity index (χ1n) is 9.47. The molecule has 0 fully saturated rings. The Morgan fingerprint density at radius 2 is 1.71 bits per heavy atom. The maximum absolute atomic E-state index is 12.8. The first kappa shape index (κ1) is 18.6. The van der Waals surface area contributed by atoms with Gasteiger partial charge in [0.2, 0.25) is 0 Å². The van der Waals surface area contributed by atoms with Gasteiger partial charge < -0.3 is 10.3 Å². The second-order valence-electron chi connectivity index (χ2n) is 7.22. The standard InChI is InChI=1S/C23H23N3OS/c1-15(2)21(17-11-7-4-8-12-17)24-13-19-25-22(27)20-18(14-28-23(20)26-19)16-9-5-3-6-10-16/h3-12,14-15,21,24H,13H2,1-2H3,(H,25,26,27)/t21-/m1/s1. The van der Waals surface area contributed by atoms with Crippen molar-refractivity contribution in [3.8, 4) is 11.1 Å². The molecule has 0 spiro atoms. The number of aromatic amines is 1. The SMILES string of the molecule is CC(C)[C@@H](NCc1nc2scc(-c3ccccc3)c2c(=O)[nH]1)c1ccccc1. The summed E-state index contributed by atoms with van der Waals surface area (Å²) >= 11 is 1.52. The van der Waals surface area contributed by atoms with Crippen LogP contribution in [0.3, 0.4) is 0 Å². The average molecular weight is 390 g/mol. The van der Waals surface area contributed by atoms with E-state index in [4.69, 9.17) is 4.98 Å². The highest BCUT2D eigenvalue weighted by Gasteiger charge is 2.17. The second-order valence-corrected chi connectivity index (χ2v) is 8.08. The maximum Gasteiger partial charge on any atom is 0.260 e. The Hall–Kier alpha value is -2.76. The molecular weight excluding hydrogens is 366 g/mol. The zero-order valence-electron chi connectivity index (χ0n) is 16.0. The smallest absolute Gasteiger partial charge is 0.260 e. The number of nitrogens with one attached hydrogen (secondary N) is 2. The Morgan fingerprint density at radius 1 is 1.04 bits per heavy atom. The highest BCUT2D eigenvalue weighted by molar-refractivity contribution is 7.17. The molecule has 1 atom stereocenters. The predicted molar refractivity (Wildman–Crippen MR) is 117 cm³/mol. The van der Waals surface area contributed by atoms with Crippen LogP contribution in [-0.2, 0) is 6.54 Å². The molecule has 142 valence electrons. The van der Waals surface area contributed by atoms with Crippen LogP contribution >= 0.6 is 11.3 Å². The molecule has 0 radical (unpaired) electrons. The molecular formula is C23H23N3OS. The molecule has 0 saturated carbocycles. The van der Waals surface area contributed by atoms with E-state index in [0.29, 0.717) is 23.7 Å². The predicted octanol–water partition coefficient (Wildman–Crippen LogP) is 5.14. The average Bonchev–Trinajstić information content (AvgIpc) is 3.14. The lowest BCUT2D eigenvalue weighted by Crippen LogP contribution is -2.27. The van der Waals surface area contributed by atoms with Crippen LogP contribution in [0.15, 0.2) is 70.8 Å². The molecule has 0 amide bonds. The summed E-state index contributed by atoms with van der Waals surface area (Å²) in [7, 11) is 0. The van der Waals surface area contributed by atoms with E-state index in [1.165, 1.54) is 16.9 Å². The van der Waals surface area contributed by atoms with Crippen LogP contribution < -0.4 is 10.9 Å². The molecule has 4 nitrogen and oxygen atoms in total. The van der Waals surface area contributed by atoms with Crippen molar-refractivity contribution in [1.29, 1.82) is 0 Å². The number of hydrogen-bond acceptors (Lipinski definition) is 4. The molecule has 4 rings (SSSR count). The van der Waals surface area contributed by atoms with Crippen molar-refractivity contribution in [3.63, 3.8) is 0 Å². The highest BCUT2D eigenvalue weighted by atomic mass is 32.1. The fourth-order valence-corrected chi connectivity index (χ4v) is 4.48. The lowest BCUT2D eigenvalue weighted by Gasteiger charge is -2.22. The molecule has 2 aromatic carbocycles. The van der Waals surface area contributed by atoms with Gasteiger partial charge in [-0.15, -0.1) is 11.3 Å². The third kappa shape index (κ3) is 3.77. The number of aromatic nitrogens is 2. The minimum atomic E-state index is -0.0808. The summed E-state index contributed by atoms with van der Waals surface area (Å²) in [4.78, 5) is 21.2. The van der Waals surface area contributed by atoms with Crippen molar-refractivity contribution in [2.75, 3.05) is 0 Å². The quantitative estimate of drug-likeness (QED) is 0.480. The number of nitrogens with zero attached hydrogens (tertiary/aromatic N) is 1. The van der Waals surface area contributed by atoms with Gasteiger partial charge in [-0.3, -0.25) is 4.79 Å². The molecule has 2 aromatic heterocycles. The molecule has 0 aliphatic heterocycles. The molecule has 0 unspecified atom stereocenters. The molecule has 28 heavy (non-hydrogen) atoms. The molecule has 0 aliphatic carbocycles. The van der Waals surface area contributed by atoms with Crippen LogP contribution in [0.4, 0.5) is 0 Å². The topological polar surface area (TPSA) is 57.8 Å². The molecule has 4 aromatic rings. The lowest BCUT2D eigenvalue weighted by atomic mass is 9.96. The normalized spacial score (nSPS) is 12.5. The van der Waals surface area contributed by atoms with Crippen molar-refractivity contribution >= 4 is 21.6 Å². The Balaban J connectivity index is 1.61. The first-order chi connectivity index (χ1) is 13.6. The van der Waals surface area contributed by atoms with Crippen molar-refractivity contribution in [1.82, 2.24) is 15.3 Å². The summed E-state index contributed by atoms with van der Waals surface area (Å²) in [5, 5.41) is 6.24. The van der Waals surface area contributed by atoms with E-state index in [9.17, 15) is 4.79 Å². The highest BCUT2D eigenvalue weighted by Crippen LogP contribution is 2.30. The number of H-pyrrole nitrogens is 1. The van der Waals surface area contributed by atoms with Crippen molar-refractivity contribution in [2.24, 2.45) is 5.92 Å². The van der Waals surface area contributed by atoms with E-state index < -0.39 is 0 Å². The molecule has 0 aliphatic rings. The number of thiophene rings is 1. The van der Waals surface area contributed by atoms with Crippen molar-refractivity contribution in [2.45, 2.75) is 26.4 Å². The van der Waals surface area contributed by atoms with Crippen LogP contribution in [0, 0.1) is 5.92 Å². The zero-order valence-corrected chi connectivity index (χ0v) is 16.8. The Bertz CT molecular complexity index is 1120. The van der Waals surface area contributed by atoms with Crippen LogP contribution in [0.25, 0.3) is 21.3 Å². The van der Waals surface area contributed by atoms with Crippen molar-refractivity contribution < 1.29 is 0 Å². The summed E-state index contributed by atoms with van der Waals surface area (Å²) in [6.07, 6.45) is 0. The minimum absolute atomic E-state index is 0.0808. The van der Waals surface area contributed by atoms with E-state index in [1.807, 2.05) is 41.8 Å². The summed E-state index contributed by atoms with van der Waals surface area (Å²) in [5.41, 5.74) is 3.14. The molecule has 2 heterocycles. The first-order valence-corrected chi connectivity index (χ1v) is 10.4. The third-order valence-corrected chi connectivity index (χ3v) is 5.76. The number of benzene rings is 2. The second kappa shape index (κ2) is 8.09. The van der Waals surface area contributed by atoms with E-state index >= 15 is 0 Å². The van der Waals surface area contributed by atoms with Crippen LogP contribution in [0.2, 0.25) is 0 Å². The van der Waals surface area contributed by atoms with Gasteiger partial charge in [0, 0.05) is 17.0 Å². The van der Waals surface area contributed by atoms with Gasteiger partial charge in [0.05, 0.1) is 11.9 Å². The van der Waals surface area contributed by atoms with E-state index in [1.54, 1.807) is 0 Å². The fourth-order valence-electron chi connectivity index (χ4n) is 3.51. The van der Waals surface area contributed by atoms with Crippen LogP contribution in [-0.4, -0.2) is 9.97 Å². The van der Waals surface area contributed by atoms with Gasteiger partial charge in [0.25, 0.3) is 5.56 Å². The number of hydrogen-bond donors (Lipinski definition) is 2. The molecule has 0 saturated heterocycles. The van der Waals surface area contributed by atoms with Gasteiger partial charge in [-0.2, -0.15) is 0 Å². The van der Waals surface area contributed by atoms with Gasteiger partial charge in [0.15, 0.2) is 0 Å². The number of fused-ring (bicyclic) bond motifs is 1. The zero-order chi connectivity index (χ0) is 19.5. The third-order valence-electron chi connectivity index (χ3n) is 4.89. The summed E-state index contributed by atoms with van der Waals surface area (Å²) in [6.45, 7) is 4.90. The summed E-state index contributed by atoms with van der Waals surface area (Å²) in [5.74, 6) is 1.09. The Kier molecular flexibility index (Phi) is 5.37. The van der Waals surface area contributed by atoms with Gasteiger partial charge >= 0.3 is 0 Å². The van der Waals surface area contributed by atoms with Gasteiger partial charge in [-0.25, -0.2) is 4.98 Å². The van der Waals surface area contributed by atoms with Crippen molar-refractivity contribution in [3.05, 3.63) is 87.8 Å². The Labute approximate surface area is 168 Å². The van der Waals surface area contributed by atoms with E-state index in [-0.39, 0.29) is 11.6 Å². The molecule has 2 N–H and O–H groups in total. The monoisotopic (exact) mass is 389 g/mol. The summed E-state index contributed by atoms with van der Waals surface area (Å²) < 4.78 is 0. The lowest BCUT2D eigenvalue weighted by molar-refractivity contribution is 0.406. The van der Waals surface area contributed by atoms with E-state index in [0.717, 1.165) is 16.0 Å².